The highest BCUT2D eigenvalue weighted by atomic mass is 16.3. The molecule has 1 nitrogen and oxygen atoms in total. The Bertz CT molecular complexity index is 235. The topological polar surface area (TPSA) is 20.2 Å². The van der Waals surface area contributed by atoms with E-state index in [0.717, 1.165) is 30.6 Å². The Kier molecular flexibility index (Phi) is 3.23. The van der Waals surface area contributed by atoms with Crippen molar-refractivity contribution in [2.24, 2.45) is 23.2 Å². The molecule has 0 aromatic heterocycles. The fourth-order valence-corrected chi connectivity index (χ4v) is 5.58. The first-order valence-corrected chi connectivity index (χ1v) is 7.87. The first-order valence-electron chi connectivity index (χ1n) is 7.87. The van der Waals surface area contributed by atoms with Crippen LogP contribution in [0.3, 0.4) is 0 Å². The van der Waals surface area contributed by atoms with E-state index < -0.39 is 0 Å². The van der Waals surface area contributed by atoms with Crippen LogP contribution in [0.25, 0.3) is 0 Å². The van der Waals surface area contributed by atoms with Crippen LogP contribution >= 0.6 is 0 Å². The minimum absolute atomic E-state index is 0.00815. The predicted molar refractivity (Wildman–Crippen MR) is 70.8 cm³/mol. The van der Waals surface area contributed by atoms with Gasteiger partial charge in [-0.2, -0.15) is 0 Å². The average molecular weight is 236 g/mol. The van der Waals surface area contributed by atoms with Crippen LogP contribution in [0.2, 0.25) is 0 Å². The maximum atomic E-state index is 10.2. The molecule has 0 saturated heterocycles. The SMILES string of the molecule is CCCCC(O)CC12CC3CC(CC(C3)C1)C2. The normalized spacial score (nSPS) is 45.2. The molecule has 1 unspecified atom stereocenters. The summed E-state index contributed by atoms with van der Waals surface area (Å²) in [6.07, 6.45) is 13.5. The standard InChI is InChI=1S/C16H28O/c1-2-3-4-15(17)11-16-8-12-5-13(9-16)7-14(6-12)10-16/h12-15,17H,2-11H2,1H3. The molecule has 0 aliphatic heterocycles. The van der Waals surface area contributed by atoms with Crippen LogP contribution in [0, 0.1) is 23.2 Å². The highest BCUT2D eigenvalue weighted by Gasteiger charge is 2.51. The minimum atomic E-state index is -0.00815. The molecule has 0 amide bonds. The lowest BCUT2D eigenvalue weighted by Crippen LogP contribution is -2.47. The van der Waals surface area contributed by atoms with E-state index in [-0.39, 0.29) is 6.10 Å². The molecule has 1 atom stereocenters. The Morgan fingerprint density at radius 2 is 1.59 bits per heavy atom. The average Bonchev–Trinajstić information content (AvgIpc) is 2.23. The third-order valence-corrected chi connectivity index (χ3v) is 5.72. The molecule has 4 aliphatic rings. The molecular formula is C16H28O. The zero-order valence-corrected chi connectivity index (χ0v) is 11.3. The zero-order chi connectivity index (χ0) is 11.9. The van der Waals surface area contributed by atoms with E-state index in [1.54, 1.807) is 0 Å². The van der Waals surface area contributed by atoms with E-state index in [0.29, 0.717) is 5.41 Å². The molecule has 0 spiro atoms. The summed E-state index contributed by atoms with van der Waals surface area (Å²) in [6.45, 7) is 2.22. The molecule has 0 aromatic carbocycles. The van der Waals surface area contributed by atoms with Crippen LogP contribution in [0.4, 0.5) is 0 Å². The fraction of sp³-hybridized carbons (Fsp3) is 1.00. The van der Waals surface area contributed by atoms with Crippen molar-refractivity contribution in [2.45, 2.75) is 77.2 Å². The van der Waals surface area contributed by atoms with Crippen LogP contribution in [0.5, 0.6) is 0 Å². The Morgan fingerprint density at radius 3 is 2.06 bits per heavy atom. The summed E-state index contributed by atoms with van der Waals surface area (Å²) in [4.78, 5) is 0. The predicted octanol–water partition coefficient (Wildman–Crippen LogP) is 4.14. The van der Waals surface area contributed by atoms with Crippen molar-refractivity contribution in [3.63, 3.8) is 0 Å². The molecule has 1 heteroatoms. The molecule has 4 fully saturated rings. The fourth-order valence-electron chi connectivity index (χ4n) is 5.58. The van der Waals surface area contributed by atoms with Crippen molar-refractivity contribution in [1.29, 1.82) is 0 Å². The second kappa shape index (κ2) is 4.57. The van der Waals surface area contributed by atoms with Gasteiger partial charge < -0.3 is 5.11 Å². The lowest BCUT2D eigenvalue weighted by Gasteiger charge is -2.57. The Labute approximate surface area is 106 Å². The molecule has 17 heavy (non-hydrogen) atoms. The van der Waals surface area contributed by atoms with Crippen LogP contribution in [0.1, 0.15) is 71.1 Å². The van der Waals surface area contributed by atoms with E-state index in [4.69, 9.17) is 0 Å². The van der Waals surface area contributed by atoms with Crippen LogP contribution in [-0.2, 0) is 0 Å². The van der Waals surface area contributed by atoms with Gasteiger partial charge >= 0.3 is 0 Å². The molecule has 0 radical (unpaired) electrons. The van der Waals surface area contributed by atoms with Gasteiger partial charge in [0.2, 0.25) is 0 Å². The van der Waals surface area contributed by atoms with Gasteiger partial charge in [0.05, 0.1) is 6.10 Å². The molecule has 0 aromatic rings. The van der Waals surface area contributed by atoms with Gasteiger partial charge in [-0.25, -0.2) is 0 Å². The Balaban J connectivity index is 1.62. The van der Waals surface area contributed by atoms with Crippen molar-refractivity contribution < 1.29 is 5.11 Å². The van der Waals surface area contributed by atoms with E-state index in [1.165, 1.54) is 51.4 Å². The van der Waals surface area contributed by atoms with E-state index in [1.807, 2.05) is 0 Å². The number of aliphatic hydroxyl groups is 1. The zero-order valence-electron chi connectivity index (χ0n) is 11.3. The highest BCUT2D eigenvalue weighted by Crippen LogP contribution is 2.61. The summed E-state index contributed by atoms with van der Waals surface area (Å²) in [7, 11) is 0. The van der Waals surface area contributed by atoms with Crippen molar-refractivity contribution in [3.8, 4) is 0 Å². The summed E-state index contributed by atoms with van der Waals surface area (Å²) in [5.41, 5.74) is 0.571. The van der Waals surface area contributed by atoms with Gasteiger partial charge in [0, 0.05) is 0 Å². The summed E-state index contributed by atoms with van der Waals surface area (Å²) in [5, 5.41) is 10.2. The summed E-state index contributed by atoms with van der Waals surface area (Å²) in [6, 6.07) is 0. The highest BCUT2D eigenvalue weighted by molar-refractivity contribution is 5.01. The smallest absolute Gasteiger partial charge is 0.0545 e. The largest absolute Gasteiger partial charge is 0.393 e. The molecule has 4 bridgehead atoms. The first-order chi connectivity index (χ1) is 8.19. The third-order valence-electron chi connectivity index (χ3n) is 5.72. The maximum Gasteiger partial charge on any atom is 0.0545 e. The van der Waals surface area contributed by atoms with Crippen LogP contribution in [0.15, 0.2) is 0 Å². The minimum Gasteiger partial charge on any atom is -0.393 e. The monoisotopic (exact) mass is 236 g/mol. The lowest BCUT2D eigenvalue weighted by atomic mass is 9.48. The van der Waals surface area contributed by atoms with Crippen molar-refractivity contribution >= 4 is 0 Å². The number of hydrogen-bond acceptors (Lipinski definition) is 1. The van der Waals surface area contributed by atoms with Gasteiger partial charge in [-0.15, -0.1) is 0 Å². The van der Waals surface area contributed by atoms with Gasteiger partial charge in [0.25, 0.3) is 0 Å². The molecule has 4 saturated carbocycles. The van der Waals surface area contributed by atoms with Crippen molar-refractivity contribution in [2.75, 3.05) is 0 Å². The van der Waals surface area contributed by atoms with Gasteiger partial charge in [-0.1, -0.05) is 19.8 Å². The summed E-state index contributed by atoms with van der Waals surface area (Å²) >= 11 is 0. The van der Waals surface area contributed by atoms with E-state index in [9.17, 15) is 5.11 Å². The van der Waals surface area contributed by atoms with Gasteiger partial charge in [-0.05, 0) is 74.5 Å². The molecule has 4 rings (SSSR count). The molecule has 98 valence electrons. The summed E-state index contributed by atoms with van der Waals surface area (Å²) < 4.78 is 0. The number of aliphatic hydroxyl groups excluding tert-OH is 1. The van der Waals surface area contributed by atoms with Crippen LogP contribution < -0.4 is 0 Å². The second-order valence-electron chi connectivity index (χ2n) is 7.42. The quantitative estimate of drug-likeness (QED) is 0.760. The van der Waals surface area contributed by atoms with Gasteiger partial charge in [0.15, 0.2) is 0 Å². The Morgan fingerprint density at radius 1 is 1.06 bits per heavy atom. The van der Waals surface area contributed by atoms with E-state index in [2.05, 4.69) is 6.92 Å². The number of rotatable bonds is 5. The third kappa shape index (κ3) is 2.41. The van der Waals surface area contributed by atoms with Gasteiger partial charge in [0.1, 0.15) is 0 Å². The first kappa shape index (κ1) is 12.0. The number of unbranched alkanes of at least 4 members (excludes halogenated alkanes) is 1. The van der Waals surface area contributed by atoms with Crippen LogP contribution in [-0.4, -0.2) is 11.2 Å². The van der Waals surface area contributed by atoms with Crippen molar-refractivity contribution in [1.82, 2.24) is 0 Å². The molecule has 1 N–H and O–H groups in total. The molecule has 0 heterocycles. The Hall–Kier alpha value is -0.0400. The number of hydrogen-bond donors (Lipinski definition) is 1. The second-order valence-corrected chi connectivity index (χ2v) is 7.42. The van der Waals surface area contributed by atoms with Crippen molar-refractivity contribution in [3.05, 3.63) is 0 Å². The molecule has 4 aliphatic carbocycles. The summed E-state index contributed by atoms with van der Waals surface area (Å²) in [5.74, 6) is 3.08. The molecular weight excluding hydrogens is 208 g/mol. The lowest BCUT2D eigenvalue weighted by molar-refractivity contribution is -0.0767. The maximum absolute atomic E-state index is 10.2. The van der Waals surface area contributed by atoms with E-state index >= 15 is 0 Å². The van der Waals surface area contributed by atoms with Gasteiger partial charge in [-0.3, -0.25) is 0 Å².